The molecule has 3 N–H and O–H groups in total. The molecule has 0 spiro atoms. The Labute approximate surface area is 164 Å². The molecule has 4 heteroatoms. The lowest BCUT2D eigenvalue weighted by Crippen LogP contribution is -2.28. The SMILES string of the molecule is N#Cc1ccc2c(c1)CC(NCc1ccc(-c3cccc(C(N)=O)c3)cc1)C2. The molecule has 1 amide bonds. The van der Waals surface area contributed by atoms with E-state index in [4.69, 9.17) is 11.0 Å². The zero-order valence-corrected chi connectivity index (χ0v) is 15.5. The van der Waals surface area contributed by atoms with E-state index >= 15 is 0 Å². The molecule has 0 aromatic heterocycles. The summed E-state index contributed by atoms with van der Waals surface area (Å²) in [4.78, 5) is 11.4. The highest BCUT2D eigenvalue weighted by atomic mass is 16.1. The van der Waals surface area contributed by atoms with Crippen LogP contribution in [0.15, 0.2) is 66.7 Å². The van der Waals surface area contributed by atoms with Gasteiger partial charge in [0.05, 0.1) is 11.6 Å². The van der Waals surface area contributed by atoms with Gasteiger partial charge in [0.15, 0.2) is 0 Å². The molecule has 1 unspecified atom stereocenters. The summed E-state index contributed by atoms with van der Waals surface area (Å²) in [5.41, 5.74) is 12.5. The number of fused-ring (bicyclic) bond motifs is 1. The average molecular weight is 367 g/mol. The van der Waals surface area contributed by atoms with Crippen LogP contribution >= 0.6 is 0 Å². The lowest BCUT2D eigenvalue weighted by atomic mass is 10.0. The number of hydrogen-bond acceptors (Lipinski definition) is 3. The number of carbonyl (C=O) groups excluding carboxylic acids is 1. The Balaban J connectivity index is 1.39. The Kier molecular flexibility index (Phi) is 4.92. The Hall–Kier alpha value is -3.42. The second kappa shape index (κ2) is 7.67. The summed E-state index contributed by atoms with van der Waals surface area (Å²) in [6, 6.07) is 24.3. The van der Waals surface area contributed by atoms with Gasteiger partial charge in [-0.1, -0.05) is 42.5 Å². The molecule has 0 radical (unpaired) electrons. The highest BCUT2D eigenvalue weighted by Crippen LogP contribution is 2.24. The van der Waals surface area contributed by atoms with Gasteiger partial charge < -0.3 is 11.1 Å². The predicted octanol–water partition coefficient (Wildman–Crippen LogP) is 3.58. The van der Waals surface area contributed by atoms with Gasteiger partial charge in [0.2, 0.25) is 5.91 Å². The van der Waals surface area contributed by atoms with Crippen LogP contribution in [0.2, 0.25) is 0 Å². The van der Waals surface area contributed by atoms with Crippen molar-refractivity contribution < 1.29 is 4.79 Å². The quantitative estimate of drug-likeness (QED) is 0.723. The molecular formula is C24H21N3O. The second-order valence-corrected chi connectivity index (χ2v) is 7.22. The molecule has 0 saturated heterocycles. The summed E-state index contributed by atoms with van der Waals surface area (Å²) >= 11 is 0. The van der Waals surface area contributed by atoms with Crippen LogP contribution in [0.25, 0.3) is 11.1 Å². The predicted molar refractivity (Wildman–Crippen MR) is 110 cm³/mol. The van der Waals surface area contributed by atoms with E-state index in [9.17, 15) is 4.79 Å². The summed E-state index contributed by atoms with van der Waals surface area (Å²) in [6.45, 7) is 0.797. The Morgan fingerprint density at radius 1 is 1.00 bits per heavy atom. The van der Waals surface area contributed by atoms with Crippen LogP contribution in [0.4, 0.5) is 0 Å². The number of rotatable bonds is 5. The molecule has 3 aromatic carbocycles. The third-order valence-corrected chi connectivity index (χ3v) is 5.30. The van der Waals surface area contributed by atoms with Crippen LogP contribution in [-0.2, 0) is 19.4 Å². The van der Waals surface area contributed by atoms with Gasteiger partial charge in [-0.2, -0.15) is 5.26 Å². The van der Waals surface area contributed by atoms with Gasteiger partial charge in [-0.25, -0.2) is 0 Å². The average Bonchev–Trinajstić information content (AvgIpc) is 3.14. The minimum Gasteiger partial charge on any atom is -0.366 e. The van der Waals surface area contributed by atoms with Crippen LogP contribution in [-0.4, -0.2) is 11.9 Å². The number of carbonyl (C=O) groups is 1. The van der Waals surface area contributed by atoms with Gasteiger partial charge in [-0.15, -0.1) is 0 Å². The van der Waals surface area contributed by atoms with Crippen molar-refractivity contribution in [1.82, 2.24) is 5.32 Å². The molecule has 1 atom stereocenters. The molecular weight excluding hydrogens is 346 g/mol. The number of nitrogens with zero attached hydrogens (tertiary/aromatic N) is 1. The number of hydrogen-bond donors (Lipinski definition) is 2. The molecule has 4 rings (SSSR count). The molecule has 0 fully saturated rings. The van der Waals surface area contributed by atoms with Crippen molar-refractivity contribution in [1.29, 1.82) is 5.26 Å². The van der Waals surface area contributed by atoms with Gasteiger partial charge in [0.1, 0.15) is 0 Å². The van der Waals surface area contributed by atoms with Gasteiger partial charge in [-0.05, 0) is 64.9 Å². The summed E-state index contributed by atoms with van der Waals surface area (Å²) in [5, 5.41) is 12.7. The molecule has 0 bridgehead atoms. The van der Waals surface area contributed by atoms with E-state index in [-0.39, 0.29) is 0 Å². The van der Waals surface area contributed by atoms with E-state index in [0.29, 0.717) is 11.6 Å². The van der Waals surface area contributed by atoms with Crippen LogP contribution in [0.5, 0.6) is 0 Å². The van der Waals surface area contributed by atoms with E-state index in [1.807, 2.05) is 30.3 Å². The van der Waals surface area contributed by atoms with Gasteiger partial charge in [-0.3, -0.25) is 4.79 Å². The first-order valence-electron chi connectivity index (χ1n) is 9.37. The van der Waals surface area contributed by atoms with Crippen molar-refractivity contribution in [2.75, 3.05) is 0 Å². The van der Waals surface area contributed by atoms with Crippen LogP contribution in [0, 0.1) is 11.3 Å². The van der Waals surface area contributed by atoms with Crippen molar-refractivity contribution in [3.63, 3.8) is 0 Å². The Morgan fingerprint density at radius 2 is 1.79 bits per heavy atom. The number of nitrogens with two attached hydrogens (primary N) is 1. The lowest BCUT2D eigenvalue weighted by molar-refractivity contribution is 0.100. The summed E-state index contributed by atoms with van der Waals surface area (Å²) in [7, 11) is 0. The van der Waals surface area contributed by atoms with E-state index in [1.54, 1.807) is 6.07 Å². The number of amides is 1. The maximum atomic E-state index is 11.4. The highest BCUT2D eigenvalue weighted by molar-refractivity contribution is 5.94. The van der Waals surface area contributed by atoms with Gasteiger partial charge >= 0.3 is 0 Å². The number of primary amides is 1. The maximum Gasteiger partial charge on any atom is 0.248 e. The number of nitrogens with one attached hydrogen (secondary N) is 1. The highest BCUT2D eigenvalue weighted by Gasteiger charge is 2.21. The smallest absolute Gasteiger partial charge is 0.248 e. The molecule has 1 aliphatic carbocycles. The first kappa shape index (κ1) is 18.0. The fraction of sp³-hybridized carbons (Fsp3) is 0.167. The van der Waals surface area contributed by atoms with Gasteiger partial charge in [0, 0.05) is 18.2 Å². The van der Waals surface area contributed by atoms with Crippen molar-refractivity contribution >= 4 is 5.91 Å². The normalized spacial score (nSPS) is 15.0. The lowest BCUT2D eigenvalue weighted by Gasteiger charge is -2.12. The standard InChI is InChI=1S/C24H21N3O/c25-14-17-6-9-20-12-23(13-22(20)10-17)27-15-16-4-7-18(8-5-16)19-2-1-3-21(11-19)24(26)28/h1-11,23,27H,12-13,15H2,(H2,26,28). The summed E-state index contributed by atoms with van der Waals surface area (Å²) in [6.07, 6.45) is 1.96. The number of benzene rings is 3. The number of nitriles is 1. The van der Waals surface area contributed by atoms with Gasteiger partial charge in [0.25, 0.3) is 0 Å². The molecule has 138 valence electrons. The zero-order chi connectivity index (χ0) is 19.5. The fourth-order valence-electron chi connectivity index (χ4n) is 3.76. The van der Waals surface area contributed by atoms with Crippen LogP contribution in [0.1, 0.15) is 32.6 Å². The first-order valence-corrected chi connectivity index (χ1v) is 9.37. The molecule has 0 saturated carbocycles. The maximum absolute atomic E-state index is 11.4. The van der Waals surface area contributed by atoms with Crippen LogP contribution < -0.4 is 11.1 Å². The molecule has 28 heavy (non-hydrogen) atoms. The molecule has 4 nitrogen and oxygen atoms in total. The van der Waals surface area contributed by atoms with Crippen LogP contribution in [0.3, 0.4) is 0 Å². The van der Waals surface area contributed by atoms with E-state index in [0.717, 1.165) is 36.1 Å². The zero-order valence-electron chi connectivity index (χ0n) is 15.5. The van der Waals surface area contributed by atoms with Crippen molar-refractivity contribution in [2.45, 2.75) is 25.4 Å². The summed E-state index contributed by atoms with van der Waals surface area (Å²) in [5.74, 6) is -0.415. The summed E-state index contributed by atoms with van der Waals surface area (Å²) < 4.78 is 0. The van der Waals surface area contributed by atoms with E-state index in [2.05, 4.69) is 41.7 Å². The Morgan fingerprint density at radius 3 is 2.54 bits per heavy atom. The minimum absolute atomic E-state index is 0.399. The first-order chi connectivity index (χ1) is 13.6. The Bertz CT molecular complexity index is 1060. The van der Waals surface area contributed by atoms with E-state index in [1.165, 1.54) is 16.7 Å². The molecule has 0 heterocycles. The minimum atomic E-state index is -0.415. The van der Waals surface area contributed by atoms with Crippen molar-refractivity contribution in [3.8, 4) is 17.2 Å². The third kappa shape index (κ3) is 3.80. The van der Waals surface area contributed by atoms with Crippen molar-refractivity contribution in [3.05, 3.63) is 94.5 Å². The molecule has 0 aliphatic heterocycles. The topological polar surface area (TPSA) is 78.9 Å². The third-order valence-electron chi connectivity index (χ3n) is 5.30. The molecule has 1 aliphatic rings. The van der Waals surface area contributed by atoms with Crippen molar-refractivity contribution in [2.24, 2.45) is 5.73 Å². The fourth-order valence-corrected chi connectivity index (χ4v) is 3.76. The monoisotopic (exact) mass is 367 g/mol. The largest absolute Gasteiger partial charge is 0.366 e. The molecule has 3 aromatic rings. The second-order valence-electron chi connectivity index (χ2n) is 7.22. The van der Waals surface area contributed by atoms with E-state index < -0.39 is 5.91 Å².